The number of carbonyl (C=O) groups excluding carboxylic acids is 4. The Kier molecular flexibility index (Phi) is 11.6. The molecule has 258 valence electrons. The molecule has 3 amide bonds. The van der Waals surface area contributed by atoms with Crippen LogP contribution in [0.4, 0.5) is 23.7 Å². The normalized spacial score (nSPS) is 20.3. The van der Waals surface area contributed by atoms with Crippen LogP contribution in [0, 0.1) is 0 Å². The van der Waals surface area contributed by atoms with Crippen LogP contribution in [0.15, 0.2) is 12.1 Å². The summed E-state index contributed by atoms with van der Waals surface area (Å²) in [5.41, 5.74) is -5.01. The molecule has 0 aliphatic carbocycles. The Bertz CT molecular complexity index is 1300. The van der Waals surface area contributed by atoms with E-state index in [0.29, 0.717) is 44.9 Å². The second kappa shape index (κ2) is 14.5. The van der Waals surface area contributed by atoms with Gasteiger partial charge in [0.15, 0.2) is 0 Å². The molecule has 0 aromatic heterocycles. The minimum Gasteiger partial charge on any atom is -0.464 e. The summed E-state index contributed by atoms with van der Waals surface area (Å²) in [6.07, 6.45) is -3.67. The topological polar surface area (TPSA) is 115 Å². The highest BCUT2D eigenvalue weighted by Gasteiger charge is 2.53. The zero-order valence-corrected chi connectivity index (χ0v) is 27.9. The Labute approximate surface area is 268 Å². The number of alkyl halides is 3. The lowest BCUT2D eigenvalue weighted by Crippen LogP contribution is -2.60. The summed E-state index contributed by atoms with van der Waals surface area (Å²) in [5, 5.41) is 0. The number of rotatable bonds is 10. The standard InChI is InChI=1S/C32H46F3N3O8/c1-9-44-28(41)31(7)27(40)37(15-10-11-16-43-8)24-17-22(23(32(33,34)35)18-25(24)45-31)26(39)38(20(2)3)21-13-12-14-36(19-21)29(42)46-30(4,5)6/h17-18,20-21H,9-16,19H2,1-8H3/t21-,31?/m1/s1. The molecule has 2 aliphatic heterocycles. The van der Waals surface area contributed by atoms with Gasteiger partial charge in [0.05, 0.1) is 29.5 Å². The molecule has 2 heterocycles. The van der Waals surface area contributed by atoms with Crippen LogP contribution in [0.25, 0.3) is 0 Å². The van der Waals surface area contributed by atoms with Crippen LogP contribution in [-0.4, -0.2) is 96.9 Å². The molecule has 1 saturated heterocycles. The van der Waals surface area contributed by atoms with E-state index in [1.54, 1.807) is 34.6 Å². The summed E-state index contributed by atoms with van der Waals surface area (Å²) in [7, 11) is 1.52. The Balaban J connectivity index is 2.11. The average molecular weight is 658 g/mol. The fraction of sp³-hybridized carbons (Fsp3) is 0.688. The van der Waals surface area contributed by atoms with Crippen molar-refractivity contribution >= 4 is 29.6 Å². The molecule has 0 radical (unpaired) electrons. The predicted molar refractivity (Wildman–Crippen MR) is 163 cm³/mol. The number of nitrogens with zero attached hydrogens (tertiary/aromatic N) is 3. The molecule has 1 aromatic rings. The van der Waals surface area contributed by atoms with Crippen molar-refractivity contribution in [3.8, 4) is 5.75 Å². The van der Waals surface area contributed by atoms with Gasteiger partial charge in [-0.15, -0.1) is 0 Å². The van der Waals surface area contributed by atoms with Crippen molar-refractivity contribution in [2.24, 2.45) is 0 Å². The highest BCUT2D eigenvalue weighted by Crippen LogP contribution is 2.45. The molecule has 0 spiro atoms. The van der Waals surface area contributed by atoms with Crippen molar-refractivity contribution in [3.63, 3.8) is 0 Å². The Morgan fingerprint density at radius 2 is 1.83 bits per heavy atom. The van der Waals surface area contributed by atoms with Crippen molar-refractivity contribution in [2.45, 2.75) is 104 Å². The second-order valence-electron chi connectivity index (χ2n) is 12.9. The third-order valence-electron chi connectivity index (χ3n) is 7.77. The molecular formula is C32H46F3N3O8. The molecule has 0 bridgehead atoms. The fourth-order valence-corrected chi connectivity index (χ4v) is 5.67. The summed E-state index contributed by atoms with van der Waals surface area (Å²) < 4.78 is 65.3. The van der Waals surface area contributed by atoms with Gasteiger partial charge in [0.25, 0.3) is 17.4 Å². The van der Waals surface area contributed by atoms with Gasteiger partial charge in [-0.25, -0.2) is 9.59 Å². The van der Waals surface area contributed by atoms with Gasteiger partial charge >= 0.3 is 18.2 Å². The highest BCUT2D eigenvalue weighted by atomic mass is 19.4. The first kappa shape index (κ1) is 36.9. The molecule has 0 N–H and O–H groups in total. The Morgan fingerprint density at radius 1 is 1.15 bits per heavy atom. The molecular weight excluding hydrogens is 611 g/mol. The first-order valence-electron chi connectivity index (χ1n) is 15.6. The van der Waals surface area contributed by atoms with Crippen LogP contribution in [-0.2, 0) is 30.0 Å². The lowest BCUT2D eigenvalue weighted by molar-refractivity contribution is -0.166. The number of halogens is 3. The van der Waals surface area contributed by atoms with E-state index in [-0.39, 0.29) is 31.1 Å². The molecule has 11 nitrogen and oxygen atoms in total. The molecule has 2 atom stereocenters. The van der Waals surface area contributed by atoms with E-state index < -0.39 is 64.5 Å². The lowest BCUT2D eigenvalue weighted by atomic mass is 9.95. The van der Waals surface area contributed by atoms with Gasteiger partial charge in [-0.3, -0.25) is 9.59 Å². The minimum absolute atomic E-state index is 0.0217. The summed E-state index contributed by atoms with van der Waals surface area (Å²) in [6.45, 7) is 12.0. The number of carbonyl (C=O) groups is 4. The fourth-order valence-electron chi connectivity index (χ4n) is 5.67. The van der Waals surface area contributed by atoms with Gasteiger partial charge in [0.1, 0.15) is 11.4 Å². The quantitative estimate of drug-likeness (QED) is 0.186. The van der Waals surface area contributed by atoms with Crippen molar-refractivity contribution < 1.29 is 51.3 Å². The van der Waals surface area contributed by atoms with Crippen LogP contribution in [0.2, 0.25) is 0 Å². The minimum atomic E-state index is -4.99. The summed E-state index contributed by atoms with van der Waals surface area (Å²) >= 11 is 0. The van der Waals surface area contributed by atoms with Crippen LogP contribution in [0.5, 0.6) is 5.75 Å². The third-order valence-corrected chi connectivity index (χ3v) is 7.77. The van der Waals surface area contributed by atoms with Crippen molar-refractivity contribution in [2.75, 3.05) is 44.9 Å². The number of fused-ring (bicyclic) bond motifs is 1. The third kappa shape index (κ3) is 8.23. The number of amides is 3. The average Bonchev–Trinajstić information content (AvgIpc) is 2.95. The molecule has 0 saturated carbocycles. The maximum absolute atomic E-state index is 14.7. The monoisotopic (exact) mass is 657 g/mol. The van der Waals surface area contributed by atoms with Crippen LogP contribution in [0.1, 0.15) is 90.1 Å². The lowest BCUT2D eigenvalue weighted by Gasteiger charge is -2.42. The number of esters is 1. The van der Waals surface area contributed by atoms with Gasteiger partial charge in [-0.2, -0.15) is 13.2 Å². The molecule has 1 aromatic carbocycles. The van der Waals surface area contributed by atoms with E-state index in [1.165, 1.54) is 28.7 Å². The number of piperidine rings is 1. The van der Waals surface area contributed by atoms with Gasteiger partial charge in [-0.05, 0) is 86.3 Å². The Morgan fingerprint density at radius 3 is 2.39 bits per heavy atom. The van der Waals surface area contributed by atoms with Gasteiger partial charge < -0.3 is 33.6 Å². The number of methoxy groups -OCH3 is 1. The van der Waals surface area contributed by atoms with E-state index in [4.69, 9.17) is 18.9 Å². The zero-order chi connectivity index (χ0) is 34.6. The number of anilines is 1. The first-order valence-corrected chi connectivity index (χ1v) is 15.6. The number of unbranched alkanes of at least 4 members (excludes halogenated alkanes) is 1. The van der Waals surface area contributed by atoms with E-state index in [9.17, 15) is 32.3 Å². The number of hydrogen-bond acceptors (Lipinski definition) is 8. The van der Waals surface area contributed by atoms with E-state index in [2.05, 4.69) is 0 Å². The maximum Gasteiger partial charge on any atom is 0.417 e. The van der Waals surface area contributed by atoms with Crippen LogP contribution >= 0.6 is 0 Å². The van der Waals surface area contributed by atoms with Gasteiger partial charge in [0.2, 0.25) is 0 Å². The molecule has 2 aliphatic rings. The van der Waals surface area contributed by atoms with E-state index in [1.807, 2.05) is 0 Å². The van der Waals surface area contributed by atoms with Crippen LogP contribution in [0.3, 0.4) is 0 Å². The molecule has 14 heteroatoms. The van der Waals surface area contributed by atoms with Crippen LogP contribution < -0.4 is 9.64 Å². The molecule has 46 heavy (non-hydrogen) atoms. The van der Waals surface area contributed by atoms with E-state index >= 15 is 0 Å². The summed E-state index contributed by atoms with van der Waals surface area (Å²) in [5.74, 6) is -3.16. The van der Waals surface area contributed by atoms with E-state index in [0.717, 1.165) is 13.0 Å². The number of benzene rings is 1. The molecule has 1 unspecified atom stereocenters. The first-order chi connectivity index (χ1) is 21.4. The highest BCUT2D eigenvalue weighted by molar-refractivity contribution is 6.15. The second-order valence-corrected chi connectivity index (χ2v) is 12.9. The van der Waals surface area contributed by atoms with Crippen molar-refractivity contribution in [3.05, 3.63) is 23.3 Å². The SMILES string of the molecule is CCOC(=O)C1(C)Oc2cc(C(F)(F)F)c(C(=O)N(C(C)C)[C@@H]3CCCN(C(=O)OC(C)(C)C)C3)cc2N(CCCCOC)C1=O. The van der Waals surface area contributed by atoms with Crippen molar-refractivity contribution in [1.29, 1.82) is 0 Å². The largest absolute Gasteiger partial charge is 0.464 e. The number of likely N-dealkylation sites (tertiary alicyclic amines) is 1. The smallest absolute Gasteiger partial charge is 0.417 e. The van der Waals surface area contributed by atoms with Crippen molar-refractivity contribution in [1.82, 2.24) is 9.80 Å². The predicted octanol–water partition coefficient (Wildman–Crippen LogP) is 5.43. The number of ether oxygens (including phenoxy) is 4. The molecule has 3 rings (SSSR count). The summed E-state index contributed by atoms with van der Waals surface area (Å²) in [6, 6.07) is 0.550. The number of hydrogen-bond donors (Lipinski definition) is 0. The van der Waals surface area contributed by atoms with Gasteiger partial charge in [-0.1, -0.05) is 0 Å². The zero-order valence-electron chi connectivity index (χ0n) is 27.9. The Hall–Kier alpha value is -3.55. The van der Waals surface area contributed by atoms with Gasteiger partial charge in [0, 0.05) is 39.4 Å². The maximum atomic E-state index is 14.7. The summed E-state index contributed by atoms with van der Waals surface area (Å²) in [4.78, 5) is 57.6. The molecule has 1 fully saturated rings.